The molecule has 0 saturated carbocycles. The highest BCUT2D eigenvalue weighted by Gasteiger charge is 2.16. The standard InChI is InChI=1S/C19H22N6O/c1-14-7-11-24(12-8-14)16-5-3-15(4-6-16)13-21-18(26)17-22-19-20-9-2-10-25(19)23-17/h2-6,9-10,14H,7-8,11-13H2,1H3,(H,21,26). The minimum absolute atomic E-state index is 0.128. The van der Waals surface area contributed by atoms with Gasteiger partial charge in [0.1, 0.15) is 0 Å². The van der Waals surface area contributed by atoms with Crippen molar-refractivity contribution >= 4 is 17.4 Å². The maximum atomic E-state index is 12.2. The summed E-state index contributed by atoms with van der Waals surface area (Å²) in [5.41, 5.74) is 2.30. The number of hydrogen-bond donors (Lipinski definition) is 1. The first-order valence-corrected chi connectivity index (χ1v) is 8.98. The predicted octanol–water partition coefficient (Wildman–Crippen LogP) is 2.29. The van der Waals surface area contributed by atoms with Gasteiger partial charge in [-0.1, -0.05) is 19.1 Å². The van der Waals surface area contributed by atoms with E-state index in [4.69, 9.17) is 0 Å². The van der Waals surface area contributed by atoms with E-state index in [9.17, 15) is 4.79 Å². The molecule has 3 heterocycles. The molecule has 1 amide bonds. The fourth-order valence-electron chi connectivity index (χ4n) is 3.18. The normalized spacial score (nSPS) is 15.3. The molecule has 1 fully saturated rings. The van der Waals surface area contributed by atoms with Gasteiger partial charge in [0.25, 0.3) is 11.7 Å². The SMILES string of the molecule is CC1CCN(c2ccc(CNC(=O)c3nc4ncccn4n3)cc2)CC1. The Balaban J connectivity index is 1.36. The molecule has 7 heteroatoms. The highest BCUT2D eigenvalue weighted by atomic mass is 16.2. The van der Waals surface area contributed by atoms with Gasteiger partial charge >= 0.3 is 0 Å². The van der Waals surface area contributed by atoms with Crippen molar-refractivity contribution in [3.8, 4) is 0 Å². The third kappa shape index (κ3) is 3.51. The average Bonchev–Trinajstić information content (AvgIpc) is 3.11. The summed E-state index contributed by atoms with van der Waals surface area (Å²) in [7, 11) is 0. The highest BCUT2D eigenvalue weighted by molar-refractivity contribution is 5.90. The van der Waals surface area contributed by atoms with Crippen LogP contribution in [0.3, 0.4) is 0 Å². The molecule has 3 aromatic rings. The molecule has 1 N–H and O–H groups in total. The van der Waals surface area contributed by atoms with E-state index in [2.05, 4.69) is 56.5 Å². The van der Waals surface area contributed by atoms with Gasteiger partial charge in [-0.2, -0.15) is 4.98 Å². The Kier molecular flexibility index (Phi) is 4.51. The van der Waals surface area contributed by atoms with Crippen molar-refractivity contribution in [3.05, 3.63) is 54.1 Å². The number of carbonyl (C=O) groups is 1. The number of hydrogen-bond acceptors (Lipinski definition) is 5. The molecule has 0 aliphatic carbocycles. The zero-order valence-corrected chi connectivity index (χ0v) is 14.8. The van der Waals surface area contributed by atoms with Crippen LogP contribution in [0.5, 0.6) is 0 Å². The number of benzene rings is 1. The van der Waals surface area contributed by atoms with Gasteiger partial charge in [0.2, 0.25) is 5.82 Å². The first kappa shape index (κ1) is 16.5. The van der Waals surface area contributed by atoms with E-state index in [0.29, 0.717) is 12.3 Å². The van der Waals surface area contributed by atoms with Gasteiger partial charge in [-0.15, -0.1) is 5.10 Å². The van der Waals surface area contributed by atoms with E-state index in [0.717, 1.165) is 24.6 Å². The fourth-order valence-corrected chi connectivity index (χ4v) is 3.18. The van der Waals surface area contributed by atoms with Crippen molar-refractivity contribution in [2.24, 2.45) is 5.92 Å². The van der Waals surface area contributed by atoms with Gasteiger partial charge in [0.05, 0.1) is 0 Å². The number of anilines is 1. The Morgan fingerprint density at radius 2 is 2.00 bits per heavy atom. The second-order valence-corrected chi connectivity index (χ2v) is 6.82. The second-order valence-electron chi connectivity index (χ2n) is 6.82. The third-order valence-electron chi connectivity index (χ3n) is 4.86. The smallest absolute Gasteiger partial charge is 0.291 e. The summed E-state index contributed by atoms with van der Waals surface area (Å²) >= 11 is 0. The quantitative estimate of drug-likeness (QED) is 0.781. The van der Waals surface area contributed by atoms with Crippen molar-refractivity contribution in [2.75, 3.05) is 18.0 Å². The van der Waals surface area contributed by atoms with Gasteiger partial charge in [0.15, 0.2) is 0 Å². The molecular formula is C19H22N6O. The molecule has 0 atom stereocenters. The molecule has 134 valence electrons. The molecule has 0 spiro atoms. The molecule has 1 aliphatic rings. The summed E-state index contributed by atoms with van der Waals surface area (Å²) in [6.45, 7) is 4.99. The largest absolute Gasteiger partial charge is 0.372 e. The number of nitrogens with one attached hydrogen (secondary N) is 1. The number of nitrogens with zero attached hydrogens (tertiary/aromatic N) is 5. The van der Waals surface area contributed by atoms with Crippen molar-refractivity contribution in [1.29, 1.82) is 0 Å². The molecule has 0 radical (unpaired) electrons. The van der Waals surface area contributed by atoms with Crippen LogP contribution in [0.25, 0.3) is 5.78 Å². The Morgan fingerprint density at radius 1 is 1.23 bits per heavy atom. The molecule has 1 aromatic carbocycles. The number of carbonyl (C=O) groups excluding carboxylic acids is 1. The van der Waals surface area contributed by atoms with E-state index >= 15 is 0 Å². The zero-order valence-electron chi connectivity index (χ0n) is 14.8. The summed E-state index contributed by atoms with van der Waals surface area (Å²) < 4.78 is 1.49. The number of rotatable bonds is 4. The lowest BCUT2D eigenvalue weighted by atomic mass is 9.99. The van der Waals surface area contributed by atoms with Crippen molar-refractivity contribution in [2.45, 2.75) is 26.3 Å². The lowest BCUT2D eigenvalue weighted by Crippen LogP contribution is -2.32. The predicted molar refractivity (Wildman–Crippen MR) is 99.0 cm³/mol. The molecule has 0 bridgehead atoms. The minimum Gasteiger partial charge on any atom is -0.372 e. The van der Waals surface area contributed by atoms with Crippen LogP contribution in [0.4, 0.5) is 5.69 Å². The van der Waals surface area contributed by atoms with E-state index < -0.39 is 0 Å². The summed E-state index contributed by atoms with van der Waals surface area (Å²) in [5, 5.41) is 6.99. The molecule has 4 rings (SSSR count). The van der Waals surface area contributed by atoms with E-state index in [1.165, 1.54) is 23.0 Å². The first-order chi connectivity index (χ1) is 12.7. The van der Waals surface area contributed by atoms with E-state index in [-0.39, 0.29) is 11.7 Å². The molecular weight excluding hydrogens is 328 g/mol. The molecule has 2 aromatic heterocycles. The van der Waals surface area contributed by atoms with Crippen LogP contribution in [0, 0.1) is 5.92 Å². The lowest BCUT2D eigenvalue weighted by molar-refractivity contribution is 0.0940. The maximum Gasteiger partial charge on any atom is 0.291 e. The van der Waals surface area contributed by atoms with Gasteiger partial charge < -0.3 is 10.2 Å². The molecule has 26 heavy (non-hydrogen) atoms. The highest BCUT2D eigenvalue weighted by Crippen LogP contribution is 2.23. The summed E-state index contributed by atoms with van der Waals surface area (Å²) in [6, 6.07) is 10.1. The third-order valence-corrected chi connectivity index (χ3v) is 4.86. The van der Waals surface area contributed by atoms with Gasteiger partial charge in [-0.25, -0.2) is 9.50 Å². The van der Waals surface area contributed by atoms with E-state index in [1.54, 1.807) is 18.5 Å². The lowest BCUT2D eigenvalue weighted by Gasteiger charge is -2.32. The Hall–Kier alpha value is -2.96. The van der Waals surface area contributed by atoms with Crippen molar-refractivity contribution in [1.82, 2.24) is 24.9 Å². The Labute approximate surface area is 152 Å². The number of piperidine rings is 1. The second kappa shape index (κ2) is 7.11. The Bertz CT molecular complexity index is 863. The van der Waals surface area contributed by atoms with E-state index in [1.807, 2.05) is 0 Å². The van der Waals surface area contributed by atoms with Gasteiger partial charge in [-0.3, -0.25) is 4.79 Å². The monoisotopic (exact) mass is 350 g/mol. The van der Waals surface area contributed by atoms with Crippen LogP contribution in [-0.4, -0.2) is 38.6 Å². The van der Waals surface area contributed by atoms with Crippen LogP contribution in [0.2, 0.25) is 0 Å². The van der Waals surface area contributed by atoms with Crippen LogP contribution in [0.15, 0.2) is 42.7 Å². The maximum absolute atomic E-state index is 12.2. The van der Waals surface area contributed by atoms with Crippen molar-refractivity contribution in [3.63, 3.8) is 0 Å². The number of fused-ring (bicyclic) bond motifs is 1. The summed E-state index contributed by atoms with van der Waals surface area (Å²) in [6.07, 6.45) is 5.83. The van der Waals surface area contributed by atoms with Crippen LogP contribution >= 0.6 is 0 Å². The Morgan fingerprint density at radius 3 is 2.73 bits per heavy atom. The summed E-state index contributed by atoms with van der Waals surface area (Å²) in [4.78, 5) is 22.9. The van der Waals surface area contributed by atoms with Gasteiger partial charge in [0, 0.05) is 37.7 Å². The molecule has 7 nitrogen and oxygen atoms in total. The first-order valence-electron chi connectivity index (χ1n) is 8.98. The number of aromatic nitrogens is 4. The van der Waals surface area contributed by atoms with Crippen LogP contribution in [-0.2, 0) is 6.54 Å². The topological polar surface area (TPSA) is 75.4 Å². The van der Waals surface area contributed by atoms with Crippen LogP contribution in [0.1, 0.15) is 35.9 Å². The molecule has 1 saturated heterocycles. The summed E-state index contributed by atoms with van der Waals surface area (Å²) in [5.74, 6) is 1.06. The minimum atomic E-state index is -0.301. The van der Waals surface area contributed by atoms with Crippen LogP contribution < -0.4 is 10.2 Å². The zero-order chi connectivity index (χ0) is 17.9. The number of amides is 1. The molecule has 1 aliphatic heterocycles. The van der Waals surface area contributed by atoms with Crippen molar-refractivity contribution < 1.29 is 4.79 Å². The average molecular weight is 350 g/mol. The molecule has 0 unspecified atom stereocenters. The fraction of sp³-hybridized carbons (Fsp3) is 0.368. The van der Waals surface area contributed by atoms with Gasteiger partial charge in [-0.05, 0) is 42.5 Å².